The zero-order valence-corrected chi connectivity index (χ0v) is 13.5. The fraction of sp³-hybridized carbons (Fsp3) is 0.235. The van der Waals surface area contributed by atoms with Gasteiger partial charge < -0.3 is 15.1 Å². The number of hydrogen-bond acceptors (Lipinski definition) is 4. The van der Waals surface area contributed by atoms with E-state index in [1.54, 1.807) is 6.20 Å². The standard InChI is InChI=1S/C17H19N5O2/c1-11(8-15-9-12(2)21-22-15)19-17(23)20-14-5-3-4-13(10-14)16-18-6-7-24-16/h3-7,9-11H,8H2,1-2H3,(H,21,22)(H2,19,20,23)/t11-/m0/s1. The van der Waals surface area contributed by atoms with Crippen molar-refractivity contribution in [2.24, 2.45) is 0 Å². The number of urea groups is 1. The molecule has 0 unspecified atom stereocenters. The predicted molar refractivity (Wildman–Crippen MR) is 90.6 cm³/mol. The molecular weight excluding hydrogens is 306 g/mol. The fourth-order valence-electron chi connectivity index (χ4n) is 2.43. The summed E-state index contributed by atoms with van der Waals surface area (Å²) in [4.78, 5) is 16.2. The van der Waals surface area contributed by atoms with Crippen LogP contribution in [-0.4, -0.2) is 27.3 Å². The molecule has 7 nitrogen and oxygen atoms in total. The molecule has 3 N–H and O–H groups in total. The molecule has 0 aliphatic heterocycles. The van der Waals surface area contributed by atoms with E-state index < -0.39 is 0 Å². The molecule has 24 heavy (non-hydrogen) atoms. The highest BCUT2D eigenvalue weighted by Gasteiger charge is 2.11. The number of benzene rings is 1. The Morgan fingerprint density at radius 1 is 1.38 bits per heavy atom. The van der Waals surface area contributed by atoms with Gasteiger partial charge in [0.25, 0.3) is 0 Å². The molecule has 3 aromatic rings. The Kier molecular flexibility index (Phi) is 4.60. The first-order valence-electron chi connectivity index (χ1n) is 7.68. The van der Waals surface area contributed by atoms with E-state index in [1.165, 1.54) is 6.26 Å². The fourth-order valence-corrected chi connectivity index (χ4v) is 2.43. The van der Waals surface area contributed by atoms with Crippen LogP contribution in [0.1, 0.15) is 18.3 Å². The Bertz CT molecular complexity index is 810. The van der Waals surface area contributed by atoms with E-state index in [4.69, 9.17) is 4.42 Å². The molecule has 2 aromatic heterocycles. The van der Waals surface area contributed by atoms with Gasteiger partial charge in [-0.2, -0.15) is 5.10 Å². The van der Waals surface area contributed by atoms with Gasteiger partial charge in [-0.25, -0.2) is 9.78 Å². The van der Waals surface area contributed by atoms with Gasteiger partial charge in [0, 0.05) is 29.4 Å². The number of aryl methyl sites for hydroxylation is 1. The minimum atomic E-state index is -0.265. The maximum absolute atomic E-state index is 12.1. The maximum atomic E-state index is 12.1. The van der Waals surface area contributed by atoms with E-state index in [9.17, 15) is 4.79 Å². The number of carbonyl (C=O) groups is 1. The third kappa shape index (κ3) is 4.01. The zero-order valence-electron chi connectivity index (χ0n) is 13.5. The smallest absolute Gasteiger partial charge is 0.319 e. The zero-order chi connectivity index (χ0) is 16.9. The van der Waals surface area contributed by atoms with Gasteiger partial charge in [0.2, 0.25) is 5.89 Å². The van der Waals surface area contributed by atoms with Gasteiger partial charge in [-0.3, -0.25) is 5.10 Å². The van der Waals surface area contributed by atoms with Crippen LogP contribution in [0.25, 0.3) is 11.5 Å². The number of hydrogen-bond donors (Lipinski definition) is 3. The summed E-state index contributed by atoms with van der Waals surface area (Å²) in [6, 6.07) is 9.00. The summed E-state index contributed by atoms with van der Waals surface area (Å²) in [5.41, 5.74) is 3.40. The molecular formula is C17H19N5O2. The Balaban J connectivity index is 1.57. The van der Waals surface area contributed by atoms with Gasteiger partial charge in [-0.05, 0) is 38.1 Å². The Labute approximate surface area is 139 Å². The van der Waals surface area contributed by atoms with Crippen LogP contribution >= 0.6 is 0 Å². The second-order valence-corrected chi connectivity index (χ2v) is 5.66. The van der Waals surface area contributed by atoms with E-state index in [1.807, 2.05) is 44.2 Å². The second-order valence-electron chi connectivity index (χ2n) is 5.66. The third-order valence-electron chi connectivity index (χ3n) is 3.45. The van der Waals surface area contributed by atoms with Crippen molar-refractivity contribution < 1.29 is 9.21 Å². The molecule has 2 amide bonds. The number of aromatic amines is 1. The molecule has 0 saturated heterocycles. The summed E-state index contributed by atoms with van der Waals surface area (Å²) in [5.74, 6) is 0.515. The summed E-state index contributed by atoms with van der Waals surface area (Å²) >= 11 is 0. The third-order valence-corrected chi connectivity index (χ3v) is 3.45. The number of amides is 2. The van der Waals surface area contributed by atoms with E-state index in [-0.39, 0.29) is 12.1 Å². The summed E-state index contributed by atoms with van der Waals surface area (Å²) in [6.07, 6.45) is 3.76. The molecule has 2 heterocycles. The molecule has 7 heteroatoms. The molecule has 0 fully saturated rings. The minimum absolute atomic E-state index is 0.0392. The lowest BCUT2D eigenvalue weighted by molar-refractivity contribution is 0.249. The first-order valence-corrected chi connectivity index (χ1v) is 7.68. The van der Waals surface area contributed by atoms with E-state index in [0.717, 1.165) is 17.0 Å². The second kappa shape index (κ2) is 6.99. The minimum Gasteiger partial charge on any atom is -0.445 e. The van der Waals surface area contributed by atoms with Crippen molar-refractivity contribution in [1.29, 1.82) is 0 Å². The van der Waals surface area contributed by atoms with Gasteiger partial charge in [0.1, 0.15) is 6.26 Å². The Morgan fingerprint density at radius 2 is 2.25 bits per heavy atom. The molecule has 1 atom stereocenters. The van der Waals surface area contributed by atoms with Crippen LogP contribution < -0.4 is 10.6 Å². The topological polar surface area (TPSA) is 95.8 Å². The number of nitrogens with zero attached hydrogens (tertiary/aromatic N) is 2. The van der Waals surface area contributed by atoms with Crippen LogP contribution in [0.5, 0.6) is 0 Å². The molecule has 0 aliphatic rings. The number of rotatable bonds is 5. The number of nitrogens with one attached hydrogen (secondary N) is 3. The van der Waals surface area contributed by atoms with Gasteiger partial charge >= 0.3 is 6.03 Å². The maximum Gasteiger partial charge on any atom is 0.319 e. The Hall–Kier alpha value is -3.09. The summed E-state index contributed by atoms with van der Waals surface area (Å²) in [5, 5.41) is 12.8. The van der Waals surface area contributed by atoms with Gasteiger partial charge in [0.05, 0.1) is 11.9 Å². The average Bonchev–Trinajstić information content (AvgIpc) is 3.19. The van der Waals surface area contributed by atoms with Crippen LogP contribution in [0.4, 0.5) is 10.5 Å². The van der Waals surface area contributed by atoms with Crippen LogP contribution in [0, 0.1) is 6.92 Å². The van der Waals surface area contributed by atoms with E-state index in [2.05, 4.69) is 25.8 Å². The van der Waals surface area contributed by atoms with E-state index in [0.29, 0.717) is 18.0 Å². The van der Waals surface area contributed by atoms with Crippen molar-refractivity contribution in [3.63, 3.8) is 0 Å². The van der Waals surface area contributed by atoms with Crippen molar-refractivity contribution in [1.82, 2.24) is 20.5 Å². The quantitative estimate of drug-likeness (QED) is 0.671. The average molecular weight is 325 g/mol. The summed E-state index contributed by atoms with van der Waals surface area (Å²) < 4.78 is 5.26. The number of H-pyrrole nitrogens is 1. The summed E-state index contributed by atoms with van der Waals surface area (Å²) in [7, 11) is 0. The summed E-state index contributed by atoms with van der Waals surface area (Å²) in [6.45, 7) is 3.88. The number of oxazole rings is 1. The largest absolute Gasteiger partial charge is 0.445 e. The molecule has 0 aliphatic carbocycles. The normalized spacial score (nSPS) is 11.9. The lowest BCUT2D eigenvalue weighted by atomic mass is 10.2. The van der Waals surface area contributed by atoms with Crippen molar-refractivity contribution in [2.45, 2.75) is 26.3 Å². The molecule has 0 bridgehead atoms. The van der Waals surface area contributed by atoms with Gasteiger partial charge in [-0.15, -0.1) is 0 Å². The van der Waals surface area contributed by atoms with E-state index >= 15 is 0 Å². The first kappa shape index (κ1) is 15.8. The van der Waals surface area contributed by atoms with Crippen molar-refractivity contribution in [3.05, 3.63) is 54.2 Å². The molecule has 124 valence electrons. The van der Waals surface area contributed by atoms with Crippen LogP contribution in [-0.2, 0) is 6.42 Å². The number of aromatic nitrogens is 3. The number of anilines is 1. The molecule has 0 saturated carbocycles. The van der Waals surface area contributed by atoms with Gasteiger partial charge in [0.15, 0.2) is 0 Å². The molecule has 0 spiro atoms. The van der Waals surface area contributed by atoms with Crippen molar-refractivity contribution in [3.8, 4) is 11.5 Å². The first-order chi connectivity index (χ1) is 11.6. The van der Waals surface area contributed by atoms with Crippen LogP contribution in [0.15, 0.2) is 47.2 Å². The van der Waals surface area contributed by atoms with Crippen molar-refractivity contribution >= 4 is 11.7 Å². The molecule has 3 rings (SSSR count). The van der Waals surface area contributed by atoms with Gasteiger partial charge in [-0.1, -0.05) is 6.07 Å². The highest BCUT2D eigenvalue weighted by Crippen LogP contribution is 2.20. The lowest BCUT2D eigenvalue weighted by Gasteiger charge is -2.13. The molecule has 0 radical (unpaired) electrons. The van der Waals surface area contributed by atoms with Crippen LogP contribution in [0.3, 0.4) is 0 Å². The molecule has 1 aromatic carbocycles. The lowest BCUT2D eigenvalue weighted by Crippen LogP contribution is -2.37. The van der Waals surface area contributed by atoms with Crippen molar-refractivity contribution in [2.75, 3.05) is 5.32 Å². The number of carbonyl (C=O) groups excluding carboxylic acids is 1. The SMILES string of the molecule is Cc1cc(C[C@H](C)NC(=O)Nc2cccc(-c3ncco3)c2)n[nH]1. The monoisotopic (exact) mass is 325 g/mol. The predicted octanol–water partition coefficient (Wildman–Crippen LogP) is 3.13. The van der Waals surface area contributed by atoms with Crippen LogP contribution in [0.2, 0.25) is 0 Å². The Morgan fingerprint density at radius 3 is 2.96 bits per heavy atom. The highest BCUT2D eigenvalue weighted by molar-refractivity contribution is 5.90. The highest BCUT2D eigenvalue weighted by atomic mass is 16.3.